The number of halogens is 1. The first kappa shape index (κ1) is 28.3. The third kappa shape index (κ3) is 8.10. The van der Waals surface area contributed by atoms with Crippen molar-refractivity contribution in [1.29, 1.82) is 0 Å². The summed E-state index contributed by atoms with van der Waals surface area (Å²) in [5.74, 6) is -0.904. The summed E-state index contributed by atoms with van der Waals surface area (Å²) in [5, 5.41) is 15.1. The molecular formula is C27H31ClN4O4S. The Balaban J connectivity index is 1.81. The Morgan fingerprint density at radius 1 is 1.08 bits per heavy atom. The van der Waals surface area contributed by atoms with Gasteiger partial charge >= 0.3 is 5.97 Å². The van der Waals surface area contributed by atoms with Crippen LogP contribution in [0.4, 0.5) is 0 Å². The zero-order valence-corrected chi connectivity index (χ0v) is 22.3. The molecule has 0 radical (unpaired) electrons. The van der Waals surface area contributed by atoms with Crippen molar-refractivity contribution in [3.05, 3.63) is 88.0 Å². The van der Waals surface area contributed by atoms with Gasteiger partial charge in [0, 0.05) is 19.4 Å². The lowest BCUT2D eigenvalue weighted by molar-refractivity contribution is -0.128. The molecule has 3 aromatic rings. The second-order valence-electron chi connectivity index (χ2n) is 8.64. The van der Waals surface area contributed by atoms with Crippen LogP contribution in [0.25, 0.3) is 0 Å². The molecule has 0 fully saturated rings. The van der Waals surface area contributed by atoms with E-state index in [0.717, 1.165) is 29.8 Å². The number of aryl methyl sites for hydroxylation is 1. The number of imidazole rings is 1. The summed E-state index contributed by atoms with van der Waals surface area (Å²) in [5.41, 5.74) is 2.64. The number of amides is 2. The van der Waals surface area contributed by atoms with Crippen LogP contribution in [0.5, 0.6) is 0 Å². The number of carboxylic acids is 1. The first-order valence-electron chi connectivity index (χ1n) is 12.1. The van der Waals surface area contributed by atoms with Crippen LogP contribution in [0.3, 0.4) is 0 Å². The predicted octanol–water partition coefficient (Wildman–Crippen LogP) is 3.90. The molecule has 0 aliphatic carbocycles. The van der Waals surface area contributed by atoms with Crippen LogP contribution in [-0.2, 0) is 35.5 Å². The minimum Gasteiger partial charge on any atom is -0.478 e. The topological polar surface area (TPSA) is 113 Å². The molecule has 196 valence electrons. The van der Waals surface area contributed by atoms with Crippen LogP contribution >= 0.6 is 24.2 Å². The summed E-state index contributed by atoms with van der Waals surface area (Å²) in [6, 6.07) is 15.3. The minimum atomic E-state index is -0.987. The molecule has 1 heterocycles. The lowest BCUT2D eigenvalue weighted by Gasteiger charge is -2.19. The molecule has 2 aromatic carbocycles. The summed E-state index contributed by atoms with van der Waals surface area (Å²) in [4.78, 5) is 40.9. The van der Waals surface area contributed by atoms with E-state index in [-0.39, 0.29) is 29.7 Å². The number of thiol groups is 1. The van der Waals surface area contributed by atoms with Crippen LogP contribution in [0.1, 0.15) is 52.8 Å². The highest BCUT2D eigenvalue weighted by Crippen LogP contribution is 2.21. The number of aromatic nitrogens is 2. The molecule has 0 saturated heterocycles. The molecule has 0 spiro atoms. The molecule has 1 aromatic heterocycles. The zero-order valence-electron chi connectivity index (χ0n) is 20.6. The third-order valence-electron chi connectivity index (χ3n) is 5.91. The van der Waals surface area contributed by atoms with Gasteiger partial charge in [0.15, 0.2) is 5.15 Å². The molecule has 1 atom stereocenters. The van der Waals surface area contributed by atoms with E-state index in [0.29, 0.717) is 30.2 Å². The summed E-state index contributed by atoms with van der Waals surface area (Å²) in [6.45, 7) is 2.63. The predicted molar refractivity (Wildman–Crippen MR) is 146 cm³/mol. The maximum atomic E-state index is 13.2. The van der Waals surface area contributed by atoms with Crippen molar-refractivity contribution < 1.29 is 19.5 Å². The highest BCUT2D eigenvalue weighted by Gasteiger charge is 2.23. The third-order valence-corrected chi connectivity index (χ3v) is 6.50. The molecule has 37 heavy (non-hydrogen) atoms. The van der Waals surface area contributed by atoms with Gasteiger partial charge in [0.2, 0.25) is 11.8 Å². The largest absolute Gasteiger partial charge is 0.478 e. The van der Waals surface area contributed by atoms with E-state index in [2.05, 4.69) is 35.2 Å². The van der Waals surface area contributed by atoms with E-state index < -0.39 is 12.0 Å². The monoisotopic (exact) mass is 542 g/mol. The van der Waals surface area contributed by atoms with Gasteiger partial charge in [-0.05, 0) is 29.7 Å². The first-order chi connectivity index (χ1) is 17.8. The van der Waals surface area contributed by atoms with Crippen LogP contribution in [-0.4, -0.2) is 44.2 Å². The number of nitrogens with one attached hydrogen (secondary N) is 2. The Hall–Kier alpha value is -3.30. The quantitative estimate of drug-likeness (QED) is 0.245. The van der Waals surface area contributed by atoms with Gasteiger partial charge in [0.25, 0.3) is 0 Å². The number of carbonyl (C=O) groups excluding carboxylic acids is 2. The fraction of sp³-hybridized carbons (Fsp3) is 0.333. The first-order valence-corrected chi connectivity index (χ1v) is 13.1. The van der Waals surface area contributed by atoms with Crippen molar-refractivity contribution in [3.8, 4) is 0 Å². The van der Waals surface area contributed by atoms with E-state index in [1.807, 2.05) is 34.9 Å². The highest BCUT2D eigenvalue weighted by atomic mass is 35.5. The van der Waals surface area contributed by atoms with Crippen molar-refractivity contribution in [1.82, 2.24) is 20.2 Å². The minimum absolute atomic E-state index is 0.0291. The highest BCUT2D eigenvalue weighted by molar-refractivity contribution is 7.81. The summed E-state index contributed by atoms with van der Waals surface area (Å²) >= 11 is 10.5. The number of benzene rings is 2. The molecule has 8 nitrogen and oxygen atoms in total. The average molecular weight is 543 g/mol. The number of carbonyl (C=O) groups is 3. The second-order valence-corrected chi connectivity index (χ2v) is 9.32. The lowest BCUT2D eigenvalue weighted by Crippen LogP contribution is -2.48. The standard InChI is InChI=1S/C27H31ClN4O4S/c1-2-3-9-23-31-25(28)22(32(23)16-19-10-12-20(13-11-19)27(35)36)15-29-26(34)21(30-24(33)17-37)14-18-7-5-4-6-8-18/h4-8,10-13,21,37H,2-3,9,14-17H2,1H3,(H,29,34)(H,30,33)(H,35,36). The van der Waals surface area contributed by atoms with E-state index in [4.69, 9.17) is 11.6 Å². The number of unbranched alkanes of at least 4 members (excludes halogenated alkanes) is 1. The zero-order chi connectivity index (χ0) is 26.8. The number of rotatable bonds is 13. The van der Waals surface area contributed by atoms with Crippen molar-refractivity contribution >= 4 is 42.0 Å². The molecule has 0 aliphatic heterocycles. The average Bonchev–Trinajstić information content (AvgIpc) is 3.19. The smallest absolute Gasteiger partial charge is 0.335 e. The van der Waals surface area contributed by atoms with Crippen LogP contribution in [0, 0.1) is 0 Å². The summed E-state index contributed by atoms with van der Waals surface area (Å²) in [6.07, 6.45) is 2.95. The van der Waals surface area contributed by atoms with E-state index in [1.54, 1.807) is 24.3 Å². The molecular weight excluding hydrogens is 512 g/mol. The number of hydrogen-bond acceptors (Lipinski definition) is 5. The van der Waals surface area contributed by atoms with Gasteiger partial charge in [-0.2, -0.15) is 12.6 Å². The normalized spacial score (nSPS) is 11.6. The lowest BCUT2D eigenvalue weighted by atomic mass is 10.1. The van der Waals surface area contributed by atoms with Gasteiger partial charge in [-0.15, -0.1) is 0 Å². The Morgan fingerprint density at radius 3 is 2.41 bits per heavy atom. The maximum absolute atomic E-state index is 13.2. The van der Waals surface area contributed by atoms with Gasteiger partial charge in [-0.25, -0.2) is 9.78 Å². The Bertz CT molecular complexity index is 1220. The molecule has 1 unspecified atom stereocenters. The fourth-order valence-electron chi connectivity index (χ4n) is 3.91. The fourth-order valence-corrected chi connectivity index (χ4v) is 4.27. The molecule has 0 bridgehead atoms. The van der Waals surface area contributed by atoms with Gasteiger partial charge < -0.3 is 20.3 Å². The van der Waals surface area contributed by atoms with E-state index in [9.17, 15) is 19.5 Å². The van der Waals surface area contributed by atoms with Crippen molar-refractivity contribution in [2.24, 2.45) is 0 Å². The van der Waals surface area contributed by atoms with Gasteiger partial charge in [-0.1, -0.05) is 67.4 Å². The molecule has 10 heteroatoms. The van der Waals surface area contributed by atoms with Crippen LogP contribution in [0.15, 0.2) is 54.6 Å². The van der Waals surface area contributed by atoms with Crippen molar-refractivity contribution in [2.75, 3.05) is 5.75 Å². The SMILES string of the molecule is CCCCc1nc(Cl)c(CNC(=O)C(Cc2ccccc2)NC(=O)CS)n1Cc1ccc(C(=O)O)cc1. The number of hydrogen-bond donors (Lipinski definition) is 4. The number of aromatic carboxylic acids is 1. The van der Waals surface area contributed by atoms with Crippen LogP contribution < -0.4 is 10.6 Å². The van der Waals surface area contributed by atoms with Crippen LogP contribution in [0.2, 0.25) is 5.15 Å². The van der Waals surface area contributed by atoms with Gasteiger partial charge in [-0.3, -0.25) is 9.59 Å². The maximum Gasteiger partial charge on any atom is 0.335 e. The molecule has 3 rings (SSSR count). The number of nitrogens with zero attached hydrogens (tertiary/aromatic N) is 2. The summed E-state index contributed by atoms with van der Waals surface area (Å²) < 4.78 is 1.96. The molecule has 3 N–H and O–H groups in total. The Kier molecular flexibility index (Phi) is 10.6. The van der Waals surface area contributed by atoms with Gasteiger partial charge in [0.1, 0.15) is 11.9 Å². The van der Waals surface area contributed by atoms with E-state index >= 15 is 0 Å². The Labute approximate surface area is 226 Å². The van der Waals surface area contributed by atoms with Gasteiger partial charge in [0.05, 0.1) is 23.6 Å². The second kappa shape index (κ2) is 13.9. The van der Waals surface area contributed by atoms with E-state index in [1.165, 1.54) is 0 Å². The van der Waals surface area contributed by atoms with Crippen molar-refractivity contribution in [2.45, 2.75) is 51.7 Å². The molecule has 0 saturated carbocycles. The van der Waals surface area contributed by atoms with Crippen molar-refractivity contribution in [3.63, 3.8) is 0 Å². The molecule has 2 amide bonds. The molecule has 0 aliphatic rings. The number of carboxylic acid groups (broad SMARTS) is 1. The summed E-state index contributed by atoms with van der Waals surface area (Å²) in [7, 11) is 0. The Morgan fingerprint density at radius 2 is 1.78 bits per heavy atom.